The molecule has 1 aromatic rings. The van der Waals surface area contributed by atoms with Gasteiger partial charge in [0.25, 0.3) is 0 Å². The fraction of sp³-hybridized carbons (Fsp3) is 0.538. The number of benzene rings is 1. The first-order valence-electron chi connectivity index (χ1n) is 6.21. The molecule has 0 unspecified atom stereocenters. The summed E-state index contributed by atoms with van der Waals surface area (Å²) in [6.45, 7) is 4.82. The summed E-state index contributed by atoms with van der Waals surface area (Å²) in [7, 11) is -3.83. The first-order chi connectivity index (χ1) is 9.17. The maximum absolute atomic E-state index is 14.3. The molecule has 1 heterocycles. The van der Waals surface area contributed by atoms with Gasteiger partial charge in [-0.3, -0.25) is 0 Å². The summed E-state index contributed by atoms with van der Waals surface area (Å²) in [4.78, 5) is -0.305. The van der Waals surface area contributed by atoms with E-state index in [1.54, 1.807) is 0 Å². The predicted octanol–water partition coefficient (Wildman–Crippen LogP) is 3.75. The van der Waals surface area contributed by atoms with Gasteiger partial charge in [0.2, 0.25) is 10.0 Å². The summed E-state index contributed by atoms with van der Waals surface area (Å²) in [5.74, 6) is -0.827. The van der Waals surface area contributed by atoms with E-state index in [0.717, 1.165) is 6.42 Å². The Balaban J connectivity index is 2.48. The van der Waals surface area contributed by atoms with Crippen LogP contribution < -0.4 is 0 Å². The van der Waals surface area contributed by atoms with Gasteiger partial charge in [0.05, 0.1) is 5.88 Å². The van der Waals surface area contributed by atoms with Crippen LogP contribution in [0, 0.1) is 11.2 Å². The van der Waals surface area contributed by atoms with Gasteiger partial charge >= 0.3 is 0 Å². The highest BCUT2D eigenvalue weighted by molar-refractivity contribution is 9.10. The van der Waals surface area contributed by atoms with Crippen LogP contribution in [0.15, 0.2) is 21.5 Å². The van der Waals surface area contributed by atoms with Crippen molar-refractivity contribution in [3.63, 3.8) is 0 Å². The third-order valence-corrected chi connectivity index (χ3v) is 6.07. The van der Waals surface area contributed by atoms with Crippen LogP contribution in [0.5, 0.6) is 0 Å². The van der Waals surface area contributed by atoms with E-state index < -0.39 is 15.8 Å². The number of hydrogen-bond donors (Lipinski definition) is 0. The molecular weight excluding hydrogens is 369 g/mol. The molecule has 1 aliphatic rings. The largest absolute Gasteiger partial charge is 0.246 e. The smallest absolute Gasteiger partial charge is 0.207 e. The zero-order chi connectivity index (χ0) is 15.1. The summed E-state index contributed by atoms with van der Waals surface area (Å²) in [5.41, 5.74) is 0.100. The van der Waals surface area contributed by atoms with Crippen molar-refractivity contribution >= 4 is 37.6 Å². The van der Waals surface area contributed by atoms with Crippen molar-refractivity contribution in [3.8, 4) is 0 Å². The molecule has 0 aliphatic carbocycles. The molecule has 0 amide bonds. The molecule has 1 aromatic carbocycles. The van der Waals surface area contributed by atoms with Gasteiger partial charge in [-0.05, 0) is 24.0 Å². The molecule has 0 aromatic heterocycles. The van der Waals surface area contributed by atoms with Crippen LogP contribution in [0.3, 0.4) is 0 Å². The summed E-state index contributed by atoms with van der Waals surface area (Å²) >= 11 is 8.87. The van der Waals surface area contributed by atoms with E-state index in [1.165, 1.54) is 16.4 Å². The van der Waals surface area contributed by atoms with Crippen molar-refractivity contribution in [2.45, 2.75) is 31.0 Å². The monoisotopic (exact) mass is 383 g/mol. The van der Waals surface area contributed by atoms with Gasteiger partial charge in [-0.25, -0.2) is 12.8 Å². The zero-order valence-corrected chi connectivity index (χ0v) is 14.4. The lowest BCUT2D eigenvalue weighted by molar-refractivity contribution is 0.374. The van der Waals surface area contributed by atoms with E-state index in [-0.39, 0.29) is 21.8 Å². The number of nitrogens with zero attached hydrogens (tertiary/aromatic N) is 1. The van der Waals surface area contributed by atoms with Crippen molar-refractivity contribution < 1.29 is 12.8 Å². The Labute approximate surface area is 132 Å². The lowest BCUT2D eigenvalue weighted by Crippen LogP contribution is -2.31. The van der Waals surface area contributed by atoms with Crippen molar-refractivity contribution in [1.29, 1.82) is 0 Å². The Morgan fingerprint density at radius 3 is 2.60 bits per heavy atom. The lowest BCUT2D eigenvalue weighted by Gasteiger charge is -2.20. The Morgan fingerprint density at radius 2 is 2.10 bits per heavy atom. The van der Waals surface area contributed by atoms with Gasteiger partial charge in [-0.1, -0.05) is 29.8 Å². The van der Waals surface area contributed by atoms with Gasteiger partial charge < -0.3 is 0 Å². The molecule has 0 radical (unpaired) electrons. The van der Waals surface area contributed by atoms with Crippen molar-refractivity contribution in [2.75, 3.05) is 13.1 Å². The van der Waals surface area contributed by atoms with Gasteiger partial charge in [-0.2, -0.15) is 4.31 Å². The van der Waals surface area contributed by atoms with Gasteiger partial charge in [0, 0.05) is 23.1 Å². The van der Waals surface area contributed by atoms with Crippen LogP contribution >= 0.6 is 27.5 Å². The third-order valence-electron chi connectivity index (χ3n) is 3.48. The van der Waals surface area contributed by atoms with Crippen LogP contribution in [-0.4, -0.2) is 25.8 Å². The number of rotatable bonds is 3. The highest BCUT2D eigenvalue weighted by atomic mass is 79.9. The molecule has 7 heteroatoms. The van der Waals surface area contributed by atoms with Gasteiger partial charge in [-0.15, -0.1) is 11.6 Å². The molecular formula is C13H16BrClFNO2S. The maximum atomic E-state index is 14.3. The van der Waals surface area contributed by atoms with Crippen LogP contribution in [0.1, 0.15) is 25.8 Å². The SMILES string of the molecule is CC1(C)CCN(S(=O)(=O)c2cc(Br)cc(CCl)c2F)C1. The average molecular weight is 385 g/mol. The molecule has 3 nitrogen and oxygen atoms in total. The molecule has 20 heavy (non-hydrogen) atoms. The standard InChI is InChI=1S/C13H16BrClFNO2S/c1-13(2)3-4-17(8-13)20(18,19)11-6-10(14)5-9(7-15)12(11)16/h5-6H,3-4,7-8H2,1-2H3. The maximum Gasteiger partial charge on any atom is 0.246 e. The second-order valence-electron chi connectivity index (χ2n) is 5.76. The van der Waals surface area contributed by atoms with E-state index in [2.05, 4.69) is 15.9 Å². The second kappa shape index (κ2) is 5.55. The topological polar surface area (TPSA) is 37.4 Å². The number of alkyl halides is 1. The first-order valence-corrected chi connectivity index (χ1v) is 8.98. The van der Waals surface area contributed by atoms with Crippen LogP contribution in [0.25, 0.3) is 0 Å². The minimum Gasteiger partial charge on any atom is -0.207 e. The van der Waals surface area contributed by atoms with E-state index in [4.69, 9.17) is 11.6 Å². The average Bonchev–Trinajstić information content (AvgIpc) is 2.72. The summed E-state index contributed by atoms with van der Waals surface area (Å²) in [5, 5.41) is 0. The summed E-state index contributed by atoms with van der Waals surface area (Å²) < 4.78 is 41.3. The summed E-state index contributed by atoms with van der Waals surface area (Å²) in [6, 6.07) is 2.79. The Hall–Kier alpha value is -0.170. The quantitative estimate of drug-likeness (QED) is 0.744. The van der Waals surface area contributed by atoms with Crippen LogP contribution in [0.4, 0.5) is 4.39 Å². The molecule has 0 atom stereocenters. The minimum atomic E-state index is -3.83. The number of halogens is 3. The number of hydrogen-bond acceptors (Lipinski definition) is 2. The molecule has 0 bridgehead atoms. The van der Waals surface area contributed by atoms with E-state index >= 15 is 0 Å². The second-order valence-corrected chi connectivity index (χ2v) is 8.85. The fourth-order valence-corrected chi connectivity index (χ4v) is 4.92. The Bertz CT molecular complexity index is 634. The number of sulfonamides is 1. The van der Waals surface area contributed by atoms with Crippen molar-refractivity contribution in [1.82, 2.24) is 4.31 Å². The molecule has 1 fully saturated rings. The van der Waals surface area contributed by atoms with E-state index in [9.17, 15) is 12.8 Å². The molecule has 2 rings (SSSR count). The Kier molecular flexibility index (Phi) is 4.50. The van der Waals surface area contributed by atoms with E-state index in [0.29, 0.717) is 17.6 Å². The predicted molar refractivity (Wildman–Crippen MR) is 80.8 cm³/mol. The highest BCUT2D eigenvalue weighted by Crippen LogP contribution is 2.34. The normalized spacial score (nSPS) is 19.4. The van der Waals surface area contributed by atoms with Crippen molar-refractivity contribution in [3.05, 3.63) is 28.0 Å². The molecule has 0 N–H and O–H groups in total. The lowest BCUT2D eigenvalue weighted by atomic mass is 9.93. The van der Waals surface area contributed by atoms with Gasteiger partial charge in [0.15, 0.2) is 0 Å². The highest BCUT2D eigenvalue weighted by Gasteiger charge is 2.38. The Morgan fingerprint density at radius 1 is 1.45 bits per heavy atom. The fourth-order valence-electron chi connectivity index (χ4n) is 2.31. The van der Waals surface area contributed by atoms with Crippen molar-refractivity contribution in [2.24, 2.45) is 5.41 Å². The zero-order valence-electron chi connectivity index (χ0n) is 11.3. The molecule has 0 saturated carbocycles. The van der Waals surface area contributed by atoms with Gasteiger partial charge in [0.1, 0.15) is 10.7 Å². The molecule has 1 saturated heterocycles. The molecule has 0 spiro atoms. The third kappa shape index (κ3) is 3.03. The van der Waals surface area contributed by atoms with E-state index in [1.807, 2.05) is 13.8 Å². The summed E-state index contributed by atoms with van der Waals surface area (Å²) in [6.07, 6.45) is 0.768. The first kappa shape index (κ1) is 16.2. The van der Waals surface area contributed by atoms with Crippen LogP contribution in [-0.2, 0) is 15.9 Å². The molecule has 112 valence electrons. The molecule has 1 aliphatic heterocycles. The van der Waals surface area contributed by atoms with Crippen LogP contribution in [0.2, 0.25) is 0 Å². The minimum absolute atomic E-state index is 0.0702.